The van der Waals surface area contributed by atoms with Crippen molar-refractivity contribution in [3.05, 3.63) is 59.7 Å². The third-order valence-electron chi connectivity index (χ3n) is 5.53. The molecule has 24 heavy (non-hydrogen) atoms. The van der Waals surface area contributed by atoms with Crippen molar-refractivity contribution in [1.29, 1.82) is 0 Å². The molecule has 0 bridgehead atoms. The van der Waals surface area contributed by atoms with Gasteiger partial charge in [0.15, 0.2) is 0 Å². The normalized spacial score (nSPS) is 21.7. The average Bonchev–Trinajstić information content (AvgIpc) is 2.96. The van der Waals surface area contributed by atoms with Gasteiger partial charge < -0.3 is 9.64 Å². The minimum absolute atomic E-state index is 0.0208. The second-order valence-electron chi connectivity index (χ2n) is 6.68. The van der Waals surface area contributed by atoms with Crippen molar-refractivity contribution in [1.82, 2.24) is 14.9 Å². The molecule has 2 aliphatic rings. The molecule has 1 amide bonds. The number of piperidine rings is 1. The Kier molecular flexibility index (Phi) is 3.81. The van der Waals surface area contributed by atoms with E-state index in [4.69, 9.17) is 4.74 Å². The highest BCUT2D eigenvalue weighted by Crippen LogP contribution is 2.51. The number of benzene rings is 1. The first kappa shape index (κ1) is 15.3. The zero-order chi connectivity index (χ0) is 16.6. The number of carbonyl (C=O) groups excluding carboxylic acids is 1. The monoisotopic (exact) mass is 323 g/mol. The number of hydrogen-bond acceptors (Lipinski definition) is 4. The van der Waals surface area contributed by atoms with Crippen molar-refractivity contribution in [2.75, 3.05) is 20.2 Å². The molecule has 1 aliphatic heterocycles. The lowest BCUT2D eigenvalue weighted by molar-refractivity contribution is 0.0554. The number of hydrogen-bond donors (Lipinski definition) is 0. The van der Waals surface area contributed by atoms with E-state index in [2.05, 4.69) is 34.2 Å². The first-order valence-electron chi connectivity index (χ1n) is 8.41. The molecule has 2 heterocycles. The van der Waals surface area contributed by atoms with Gasteiger partial charge in [-0.15, -0.1) is 0 Å². The van der Waals surface area contributed by atoms with Gasteiger partial charge in [0.25, 0.3) is 5.91 Å². The molecule has 1 atom stereocenters. The lowest BCUT2D eigenvalue weighted by Gasteiger charge is -2.40. The number of amides is 1. The molecule has 1 aromatic heterocycles. The van der Waals surface area contributed by atoms with E-state index >= 15 is 0 Å². The van der Waals surface area contributed by atoms with Gasteiger partial charge in [-0.3, -0.25) is 9.78 Å². The predicted molar refractivity (Wildman–Crippen MR) is 89.7 cm³/mol. The molecule has 5 nitrogen and oxygen atoms in total. The highest BCUT2D eigenvalue weighted by Gasteiger charge is 2.46. The van der Waals surface area contributed by atoms with Crippen LogP contribution in [0.15, 0.2) is 42.9 Å². The molecular weight excluding hydrogens is 302 g/mol. The van der Waals surface area contributed by atoms with Gasteiger partial charge in [0.2, 0.25) is 0 Å². The van der Waals surface area contributed by atoms with Gasteiger partial charge in [-0.05, 0) is 30.4 Å². The number of fused-ring (bicyclic) bond motifs is 2. The Morgan fingerprint density at radius 2 is 2.04 bits per heavy atom. The summed E-state index contributed by atoms with van der Waals surface area (Å²) in [5.41, 5.74) is 3.28. The summed E-state index contributed by atoms with van der Waals surface area (Å²) < 4.78 is 5.71. The third kappa shape index (κ3) is 2.40. The fourth-order valence-electron chi connectivity index (χ4n) is 4.23. The van der Waals surface area contributed by atoms with Crippen LogP contribution >= 0.6 is 0 Å². The maximum absolute atomic E-state index is 12.6. The molecule has 0 saturated carbocycles. The van der Waals surface area contributed by atoms with E-state index in [0.29, 0.717) is 5.69 Å². The van der Waals surface area contributed by atoms with Crippen LogP contribution in [0.2, 0.25) is 0 Å². The number of carbonyl (C=O) groups is 1. The zero-order valence-corrected chi connectivity index (χ0v) is 13.8. The van der Waals surface area contributed by atoms with Crippen LogP contribution in [0, 0.1) is 0 Å². The lowest BCUT2D eigenvalue weighted by Crippen LogP contribution is -2.44. The first-order valence-corrected chi connectivity index (χ1v) is 8.41. The van der Waals surface area contributed by atoms with Gasteiger partial charge in [0.1, 0.15) is 5.69 Å². The van der Waals surface area contributed by atoms with Crippen LogP contribution in [0.1, 0.15) is 47.0 Å². The summed E-state index contributed by atoms with van der Waals surface area (Å²) >= 11 is 0. The summed E-state index contributed by atoms with van der Waals surface area (Å²) in [5.74, 6) is -0.0208. The molecule has 4 rings (SSSR count). The fourth-order valence-corrected chi connectivity index (χ4v) is 4.23. The van der Waals surface area contributed by atoms with Crippen LogP contribution in [0.5, 0.6) is 0 Å². The number of methoxy groups -OCH3 is 1. The molecule has 1 spiro atoms. The summed E-state index contributed by atoms with van der Waals surface area (Å²) in [5, 5.41) is 0. The molecule has 1 aromatic carbocycles. The molecule has 0 N–H and O–H groups in total. The largest absolute Gasteiger partial charge is 0.377 e. The molecule has 1 fully saturated rings. The third-order valence-corrected chi connectivity index (χ3v) is 5.53. The van der Waals surface area contributed by atoms with Crippen LogP contribution < -0.4 is 0 Å². The van der Waals surface area contributed by atoms with E-state index in [1.54, 1.807) is 25.7 Å². The molecule has 1 saturated heterocycles. The number of ether oxygens (including phenoxy) is 1. The van der Waals surface area contributed by atoms with E-state index in [1.807, 2.05) is 4.90 Å². The van der Waals surface area contributed by atoms with E-state index in [0.717, 1.165) is 32.4 Å². The van der Waals surface area contributed by atoms with Gasteiger partial charge in [-0.25, -0.2) is 4.98 Å². The van der Waals surface area contributed by atoms with Crippen molar-refractivity contribution in [2.24, 2.45) is 0 Å². The van der Waals surface area contributed by atoms with Gasteiger partial charge in [-0.2, -0.15) is 0 Å². The highest BCUT2D eigenvalue weighted by molar-refractivity contribution is 5.92. The maximum atomic E-state index is 12.6. The number of nitrogens with zero attached hydrogens (tertiary/aromatic N) is 3. The molecule has 0 radical (unpaired) electrons. The van der Waals surface area contributed by atoms with Crippen molar-refractivity contribution < 1.29 is 9.53 Å². The summed E-state index contributed by atoms with van der Waals surface area (Å²) in [6.45, 7) is 1.50. The number of rotatable bonds is 2. The Morgan fingerprint density at radius 3 is 2.75 bits per heavy atom. The van der Waals surface area contributed by atoms with Gasteiger partial charge in [0.05, 0.1) is 12.3 Å². The SMILES string of the molecule is COC1CC2(CCN(C(=O)c3cnccn3)CC2)c2ccccc21. The fraction of sp³-hybridized carbons (Fsp3) is 0.421. The number of likely N-dealkylation sites (tertiary alicyclic amines) is 1. The molecule has 1 aliphatic carbocycles. The number of aromatic nitrogens is 2. The van der Waals surface area contributed by atoms with Crippen LogP contribution in [0.25, 0.3) is 0 Å². The van der Waals surface area contributed by atoms with Crippen LogP contribution in [-0.4, -0.2) is 41.0 Å². The van der Waals surface area contributed by atoms with Gasteiger partial charge in [-0.1, -0.05) is 24.3 Å². The molecule has 2 aromatic rings. The summed E-state index contributed by atoms with van der Waals surface area (Å²) in [6.07, 6.45) is 7.81. The van der Waals surface area contributed by atoms with E-state index in [9.17, 15) is 4.79 Å². The quantitative estimate of drug-likeness (QED) is 0.853. The molecule has 124 valence electrons. The molecular formula is C19H21N3O2. The maximum Gasteiger partial charge on any atom is 0.274 e. The highest BCUT2D eigenvalue weighted by atomic mass is 16.5. The Labute approximate surface area is 141 Å². The second kappa shape index (κ2) is 5.98. The standard InChI is InChI=1S/C19H21N3O2/c1-24-17-12-19(15-5-3-2-4-14(15)17)6-10-22(11-7-19)18(23)16-13-20-8-9-21-16/h2-5,8-9,13,17H,6-7,10-12H2,1H3. The Hall–Kier alpha value is -2.27. The average molecular weight is 323 g/mol. The zero-order valence-electron chi connectivity index (χ0n) is 13.8. The van der Waals surface area contributed by atoms with E-state index in [1.165, 1.54) is 11.1 Å². The van der Waals surface area contributed by atoms with Crippen LogP contribution in [0.3, 0.4) is 0 Å². The van der Waals surface area contributed by atoms with E-state index in [-0.39, 0.29) is 17.4 Å². The van der Waals surface area contributed by atoms with Crippen molar-refractivity contribution >= 4 is 5.91 Å². The topological polar surface area (TPSA) is 55.3 Å². The van der Waals surface area contributed by atoms with Crippen LogP contribution in [0.4, 0.5) is 0 Å². The summed E-state index contributed by atoms with van der Waals surface area (Å²) in [7, 11) is 1.78. The van der Waals surface area contributed by atoms with Crippen molar-refractivity contribution in [3.8, 4) is 0 Å². The second-order valence-corrected chi connectivity index (χ2v) is 6.68. The van der Waals surface area contributed by atoms with E-state index < -0.39 is 0 Å². The van der Waals surface area contributed by atoms with Gasteiger partial charge in [0, 0.05) is 38.0 Å². The minimum atomic E-state index is -0.0208. The predicted octanol–water partition coefficient (Wildman–Crippen LogP) is 2.74. The molecule has 1 unspecified atom stereocenters. The Morgan fingerprint density at radius 1 is 1.25 bits per heavy atom. The first-order chi connectivity index (χ1) is 11.7. The lowest BCUT2D eigenvalue weighted by atomic mass is 9.73. The summed E-state index contributed by atoms with van der Waals surface area (Å²) in [6, 6.07) is 8.59. The Balaban J connectivity index is 1.53. The summed E-state index contributed by atoms with van der Waals surface area (Å²) in [4.78, 5) is 22.6. The van der Waals surface area contributed by atoms with Gasteiger partial charge >= 0.3 is 0 Å². The van der Waals surface area contributed by atoms with Crippen molar-refractivity contribution in [3.63, 3.8) is 0 Å². The Bertz CT molecular complexity index is 739. The minimum Gasteiger partial charge on any atom is -0.377 e. The van der Waals surface area contributed by atoms with Crippen LogP contribution in [-0.2, 0) is 10.2 Å². The smallest absolute Gasteiger partial charge is 0.274 e. The van der Waals surface area contributed by atoms with Crippen molar-refractivity contribution in [2.45, 2.75) is 30.8 Å². The molecule has 5 heteroatoms.